The second-order valence-corrected chi connectivity index (χ2v) is 15.2. The van der Waals surface area contributed by atoms with Crippen LogP contribution in [0.2, 0.25) is 0 Å². The molecule has 6 aliphatic rings. The van der Waals surface area contributed by atoms with Crippen molar-refractivity contribution in [1.82, 2.24) is 20.0 Å². The Labute approximate surface area is 293 Å². The zero-order valence-corrected chi connectivity index (χ0v) is 36.0. The summed E-state index contributed by atoms with van der Waals surface area (Å²) >= 11 is 0. The lowest BCUT2D eigenvalue weighted by molar-refractivity contribution is 0.114. The topological polar surface area (TPSA) is 31.0 Å². The maximum absolute atomic E-state index is 5.45. The molecule has 5 aliphatic heterocycles. The molecule has 5 heteroatoms. The first-order valence-electron chi connectivity index (χ1n) is 20.3. The summed E-state index contributed by atoms with van der Waals surface area (Å²) in [6.45, 7) is 57.1. The van der Waals surface area contributed by atoms with Crippen molar-refractivity contribution in [2.75, 3.05) is 65.6 Å². The van der Waals surface area contributed by atoms with Crippen LogP contribution in [0.5, 0.6) is 0 Å². The van der Waals surface area contributed by atoms with Gasteiger partial charge in [-0.05, 0) is 105 Å². The zero-order chi connectivity index (χ0) is 36.9. The molecule has 5 saturated heterocycles. The van der Waals surface area contributed by atoms with Gasteiger partial charge in [0.25, 0.3) is 0 Å². The molecule has 0 aromatic rings. The Hall–Kier alpha value is -0.200. The van der Waals surface area contributed by atoms with Crippen LogP contribution in [0.15, 0.2) is 0 Å². The minimum atomic E-state index is 0.352. The number of nitrogens with zero attached hydrogens (tertiary/aromatic N) is 3. The van der Waals surface area contributed by atoms with Gasteiger partial charge in [0.15, 0.2) is 0 Å². The molecule has 1 N–H and O–H groups in total. The third-order valence-corrected chi connectivity index (χ3v) is 9.45. The predicted molar refractivity (Wildman–Crippen MR) is 211 cm³/mol. The Morgan fingerprint density at radius 2 is 0.630 bits per heavy atom. The molecule has 282 valence electrons. The van der Waals surface area contributed by atoms with E-state index in [9.17, 15) is 0 Å². The average molecular weight is 657 g/mol. The maximum atomic E-state index is 5.45. The Bertz CT molecular complexity index is 603. The van der Waals surface area contributed by atoms with Crippen molar-refractivity contribution >= 4 is 0 Å². The monoisotopic (exact) mass is 657 g/mol. The van der Waals surface area contributed by atoms with Crippen LogP contribution in [0.4, 0.5) is 0 Å². The Balaban J connectivity index is -0.000000519. The summed E-state index contributed by atoms with van der Waals surface area (Å²) in [6, 6.07) is 0. The highest BCUT2D eigenvalue weighted by Gasteiger charge is 2.47. The standard InChI is InChI=1S/C10H20N2.C10H19NO.C9H17N.6C2H6/c1-10(2,3)12-6-8-4-11-5-9(8)7-12;1-10(2,3)11-4-8-6-12-7-9(8)5-11;1-9(2,3)10-5-7-4-8(7)6-10;6*1-2/h8-9,11H,4-7H2,1-3H3;8-9H,4-7H2,1-3H3;7-8H,4-6H2,1-3H3;6*1-2H3. The molecule has 46 heavy (non-hydrogen) atoms. The smallest absolute Gasteiger partial charge is 0.0510 e. The fourth-order valence-electron chi connectivity index (χ4n) is 6.58. The van der Waals surface area contributed by atoms with Crippen LogP contribution in [0.25, 0.3) is 0 Å². The molecule has 1 aliphatic carbocycles. The molecule has 5 heterocycles. The Kier molecular flexibility index (Phi) is 28.1. The van der Waals surface area contributed by atoms with Crippen LogP contribution in [0.3, 0.4) is 0 Å². The van der Waals surface area contributed by atoms with Crippen molar-refractivity contribution in [3.8, 4) is 0 Å². The van der Waals surface area contributed by atoms with Crippen LogP contribution in [0, 0.1) is 35.5 Å². The van der Waals surface area contributed by atoms with Crippen molar-refractivity contribution in [3.05, 3.63) is 0 Å². The van der Waals surface area contributed by atoms with Crippen LogP contribution < -0.4 is 5.32 Å². The first kappa shape index (κ1) is 50.2. The minimum Gasteiger partial charge on any atom is -0.381 e. The first-order chi connectivity index (χ1) is 21.7. The van der Waals surface area contributed by atoms with Gasteiger partial charge in [-0.2, -0.15) is 0 Å². The number of hydrogen-bond donors (Lipinski definition) is 1. The van der Waals surface area contributed by atoms with Crippen molar-refractivity contribution in [2.45, 2.75) is 168 Å². The lowest BCUT2D eigenvalue weighted by atomic mass is 10.0. The minimum absolute atomic E-state index is 0.352. The summed E-state index contributed by atoms with van der Waals surface area (Å²) in [5, 5.41) is 3.47. The van der Waals surface area contributed by atoms with Gasteiger partial charge in [0, 0.05) is 67.7 Å². The first-order valence-corrected chi connectivity index (χ1v) is 20.3. The van der Waals surface area contributed by atoms with Gasteiger partial charge in [0.05, 0.1) is 13.2 Å². The van der Waals surface area contributed by atoms with Crippen molar-refractivity contribution < 1.29 is 4.74 Å². The SMILES string of the molecule is CC.CC.CC.CC.CC.CC.CC(C)(C)N1CC2CC2C1.CC(C)(C)N1CC2CNCC2C1.CC(C)(C)N1CC2COCC2C1. The molecule has 0 aromatic heterocycles. The maximum Gasteiger partial charge on any atom is 0.0510 e. The van der Waals surface area contributed by atoms with Gasteiger partial charge in [0.2, 0.25) is 0 Å². The van der Waals surface area contributed by atoms with E-state index >= 15 is 0 Å². The number of nitrogens with one attached hydrogen (secondary N) is 1. The number of fused-ring (bicyclic) bond motifs is 3. The van der Waals surface area contributed by atoms with E-state index in [1.807, 2.05) is 83.1 Å². The molecule has 6 fully saturated rings. The van der Waals surface area contributed by atoms with Gasteiger partial charge >= 0.3 is 0 Å². The van der Waals surface area contributed by atoms with Gasteiger partial charge in [-0.15, -0.1) is 0 Å². The van der Waals surface area contributed by atoms with E-state index in [0.29, 0.717) is 16.6 Å². The molecule has 0 radical (unpaired) electrons. The van der Waals surface area contributed by atoms with Gasteiger partial charge in [-0.3, -0.25) is 14.7 Å². The number of piperidine rings is 1. The summed E-state index contributed by atoms with van der Waals surface area (Å²) in [7, 11) is 0. The Morgan fingerprint density at radius 1 is 0.391 bits per heavy atom. The number of likely N-dealkylation sites (tertiary alicyclic amines) is 3. The van der Waals surface area contributed by atoms with Crippen LogP contribution >= 0.6 is 0 Å². The summed E-state index contributed by atoms with van der Waals surface area (Å²) in [5.41, 5.74) is 1.15. The fourth-order valence-corrected chi connectivity index (χ4v) is 6.58. The van der Waals surface area contributed by atoms with Gasteiger partial charge in [0.1, 0.15) is 0 Å². The number of rotatable bonds is 0. The molecule has 0 bridgehead atoms. The molecular formula is C41H92N4O. The van der Waals surface area contributed by atoms with Gasteiger partial charge in [-0.25, -0.2) is 0 Å². The van der Waals surface area contributed by atoms with Crippen molar-refractivity contribution in [3.63, 3.8) is 0 Å². The Morgan fingerprint density at radius 3 is 0.870 bits per heavy atom. The molecule has 5 nitrogen and oxygen atoms in total. The number of hydrogen-bond acceptors (Lipinski definition) is 5. The molecule has 6 rings (SSSR count). The largest absolute Gasteiger partial charge is 0.381 e. The molecule has 0 aromatic carbocycles. The van der Waals surface area contributed by atoms with E-state index in [2.05, 4.69) is 82.3 Å². The molecular weight excluding hydrogens is 564 g/mol. The quantitative estimate of drug-likeness (QED) is 0.280. The third-order valence-electron chi connectivity index (χ3n) is 9.45. The fraction of sp³-hybridized carbons (Fsp3) is 1.00. The second kappa shape index (κ2) is 25.7. The second-order valence-electron chi connectivity index (χ2n) is 15.2. The van der Waals surface area contributed by atoms with E-state index in [4.69, 9.17) is 4.74 Å². The van der Waals surface area contributed by atoms with E-state index in [-0.39, 0.29) is 0 Å². The summed E-state index contributed by atoms with van der Waals surface area (Å²) in [6.07, 6.45) is 1.52. The summed E-state index contributed by atoms with van der Waals surface area (Å²) in [5.74, 6) is 5.68. The number of ether oxygens (including phenoxy) is 1. The highest BCUT2D eigenvalue weighted by Crippen LogP contribution is 2.46. The molecule has 0 spiro atoms. The van der Waals surface area contributed by atoms with E-state index in [0.717, 1.165) is 48.7 Å². The highest BCUT2D eigenvalue weighted by molar-refractivity contribution is 5.00. The van der Waals surface area contributed by atoms with Gasteiger partial charge in [-0.1, -0.05) is 83.1 Å². The van der Waals surface area contributed by atoms with Crippen LogP contribution in [-0.4, -0.2) is 96.9 Å². The van der Waals surface area contributed by atoms with Crippen LogP contribution in [0.1, 0.15) is 152 Å². The van der Waals surface area contributed by atoms with Crippen molar-refractivity contribution in [1.29, 1.82) is 0 Å². The normalized spacial score (nSPS) is 28.9. The highest BCUT2D eigenvalue weighted by atomic mass is 16.5. The van der Waals surface area contributed by atoms with E-state index in [1.165, 1.54) is 58.8 Å². The van der Waals surface area contributed by atoms with E-state index in [1.54, 1.807) is 0 Å². The molecule has 0 amide bonds. The molecule has 6 unspecified atom stereocenters. The van der Waals surface area contributed by atoms with E-state index < -0.39 is 0 Å². The predicted octanol–water partition coefficient (Wildman–Crippen LogP) is 10.2. The molecule has 1 saturated carbocycles. The lowest BCUT2D eigenvalue weighted by Gasteiger charge is -2.32. The van der Waals surface area contributed by atoms with Crippen molar-refractivity contribution in [2.24, 2.45) is 35.5 Å². The molecule has 6 atom stereocenters. The third kappa shape index (κ3) is 17.5. The average Bonchev–Trinajstić information content (AvgIpc) is 3.66. The summed E-state index contributed by atoms with van der Waals surface area (Å²) < 4.78 is 5.45. The lowest BCUT2D eigenvalue weighted by Crippen LogP contribution is -2.41. The summed E-state index contributed by atoms with van der Waals surface area (Å²) in [4.78, 5) is 7.83. The van der Waals surface area contributed by atoms with Gasteiger partial charge < -0.3 is 10.1 Å². The van der Waals surface area contributed by atoms with Crippen LogP contribution in [-0.2, 0) is 4.74 Å². The zero-order valence-electron chi connectivity index (χ0n) is 36.0.